The predicted octanol–water partition coefficient (Wildman–Crippen LogP) is 4.23. The molecule has 0 saturated carbocycles. The Morgan fingerprint density at radius 1 is 1.21 bits per heavy atom. The van der Waals surface area contributed by atoms with Crippen molar-refractivity contribution in [2.45, 2.75) is 6.42 Å². The van der Waals surface area contributed by atoms with Crippen molar-refractivity contribution in [1.82, 2.24) is 4.98 Å². The summed E-state index contributed by atoms with van der Waals surface area (Å²) in [5, 5.41) is 0.587. The number of hydrogen-bond acceptors (Lipinski definition) is 6. The standard InChI is InChI=1S/C19H17ClN2O4S2/c1-26-19(23)18-16(12-17(27-18)13-5-7-14(20)8-6-13)22-28(24,25)11-9-15-4-2-3-10-21-15/h2-8,10,12,22H,9,11H2,1H3. The van der Waals surface area contributed by atoms with E-state index in [1.165, 1.54) is 7.11 Å². The van der Waals surface area contributed by atoms with Gasteiger partial charge in [-0.3, -0.25) is 9.71 Å². The highest BCUT2D eigenvalue weighted by molar-refractivity contribution is 7.92. The number of pyridine rings is 1. The van der Waals surface area contributed by atoms with Gasteiger partial charge in [0.2, 0.25) is 10.0 Å². The highest BCUT2D eigenvalue weighted by Crippen LogP contribution is 2.36. The number of methoxy groups -OCH3 is 1. The first-order chi connectivity index (χ1) is 13.4. The molecular weight excluding hydrogens is 420 g/mol. The molecule has 0 aliphatic heterocycles. The number of anilines is 1. The van der Waals surface area contributed by atoms with Gasteiger partial charge in [0.05, 0.1) is 18.6 Å². The number of benzene rings is 1. The van der Waals surface area contributed by atoms with E-state index in [0.29, 0.717) is 10.7 Å². The molecule has 0 aliphatic carbocycles. The molecule has 2 heterocycles. The van der Waals surface area contributed by atoms with Gasteiger partial charge >= 0.3 is 5.97 Å². The first-order valence-corrected chi connectivity index (χ1v) is 11.1. The summed E-state index contributed by atoms with van der Waals surface area (Å²) in [5.41, 5.74) is 1.69. The van der Waals surface area contributed by atoms with Gasteiger partial charge < -0.3 is 4.74 Å². The third-order valence-corrected chi connectivity index (χ3v) is 6.54. The molecule has 146 valence electrons. The number of thiophene rings is 1. The molecule has 3 rings (SSSR count). The first-order valence-electron chi connectivity index (χ1n) is 8.26. The summed E-state index contributed by atoms with van der Waals surface area (Å²) in [5.74, 6) is -0.760. The highest BCUT2D eigenvalue weighted by Gasteiger charge is 2.22. The number of esters is 1. The average molecular weight is 437 g/mol. The molecule has 1 N–H and O–H groups in total. The Kier molecular flexibility index (Phi) is 6.33. The van der Waals surface area contributed by atoms with Crippen molar-refractivity contribution in [2.24, 2.45) is 0 Å². The van der Waals surface area contributed by atoms with E-state index < -0.39 is 16.0 Å². The number of nitrogens with one attached hydrogen (secondary N) is 1. The van der Waals surface area contributed by atoms with Gasteiger partial charge in [-0.1, -0.05) is 29.8 Å². The predicted molar refractivity (Wildman–Crippen MR) is 111 cm³/mol. The molecule has 2 aromatic heterocycles. The van der Waals surface area contributed by atoms with Gasteiger partial charge in [0, 0.05) is 28.2 Å². The van der Waals surface area contributed by atoms with E-state index in [4.69, 9.17) is 16.3 Å². The number of ether oxygens (including phenoxy) is 1. The maximum atomic E-state index is 12.5. The molecule has 1 aromatic carbocycles. The van der Waals surface area contributed by atoms with Crippen LogP contribution in [-0.4, -0.2) is 32.2 Å². The molecule has 9 heteroatoms. The van der Waals surface area contributed by atoms with Gasteiger partial charge in [0.25, 0.3) is 0 Å². The second-order valence-corrected chi connectivity index (χ2v) is 9.17. The molecule has 6 nitrogen and oxygen atoms in total. The monoisotopic (exact) mass is 436 g/mol. The van der Waals surface area contributed by atoms with Gasteiger partial charge in [-0.05, 0) is 35.9 Å². The molecule has 0 spiro atoms. The molecule has 28 heavy (non-hydrogen) atoms. The summed E-state index contributed by atoms with van der Waals surface area (Å²) < 4.78 is 32.3. The Labute approximate surface area is 172 Å². The minimum absolute atomic E-state index is 0.156. The van der Waals surface area contributed by atoms with E-state index in [0.717, 1.165) is 21.8 Å². The number of halogens is 1. The van der Waals surface area contributed by atoms with Crippen LogP contribution in [0.25, 0.3) is 10.4 Å². The first kappa shape index (κ1) is 20.3. The van der Waals surface area contributed by atoms with Gasteiger partial charge in [0.1, 0.15) is 4.88 Å². The van der Waals surface area contributed by atoms with Crippen LogP contribution in [0, 0.1) is 0 Å². The number of rotatable bonds is 7. The van der Waals surface area contributed by atoms with Crippen molar-refractivity contribution >= 4 is 44.6 Å². The second kappa shape index (κ2) is 8.72. The molecule has 0 unspecified atom stereocenters. The highest BCUT2D eigenvalue weighted by atomic mass is 35.5. The SMILES string of the molecule is COC(=O)c1sc(-c2ccc(Cl)cc2)cc1NS(=O)(=O)CCc1ccccn1. The van der Waals surface area contributed by atoms with Gasteiger partial charge in [0.15, 0.2) is 0 Å². The number of aromatic nitrogens is 1. The van der Waals surface area contributed by atoms with Crippen molar-refractivity contribution in [3.8, 4) is 10.4 Å². The quantitative estimate of drug-likeness (QED) is 0.560. The third-order valence-electron chi connectivity index (χ3n) is 3.85. The molecule has 3 aromatic rings. The van der Waals surface area contributed by atoms with Crippen molar-refractivity contribution in [1.29, 1.82) is 0 Å². The van der Waals surface area contributed by atoms with Crippen LogP contribution >= 0.6 is 22.9 Å². The fourth-order valence-corrected chi connectivity index (χ4v) is 4.77. The lowest BCUT2D eigenvalue weighted by molar-refractivity contribution is 0.0607. The normalized spacial score (nSPS) is 11.2. The van der Waals surface area contributed by atoms with Gasteiger partial charge in [-0.2, -0.15) is 0 Å². The molecule has 0 aliphatic rings. The summed E-state index contributed by atoms with van der Waals surface area (Å²) in [6, 6.07) is 14.0. The van der Waals surface area contributed by atoms with E-state index in [9.17, 15) is 13.2 Å². The van der Waals surface area contributed by atoms with E-state index in [1.54, 1.807) is 54.7 Å². The Hall–Kier alpha value is -2.42. The number of nitrogens with zero attached hydrogens (tertiary/aromatic N) is 1. The number of carbonyl (C=O) groups excluding carboxylic acids is 1. The van der Waals surface area contributed by atoms with E-state index in [2.05, 4.69) is 9.71 Å². The van der Waals surface area contributed by atoms with E-state index in [-0.39, 0.29) is 22.7 Å². The third kappa shape index (κ3) is 5.09. The molecule has 0 bridgehead atoms. The lowest BCUT2D eigenvalue weighted by Gasteiger charge is -2.08. The zero-order valence-electron chi connectivity index (χ0n) is 14.9. The van der Waals surface area contributed by atoms with Gasteiger partial charge in [-0.15, -0.1) is 11.3 Å². The van der Waals surface area contributed by atoms with Crippen molar-refractivity contribution in [2.75, 3.05) is 17.6 Å². The minimum Gasteiger partial charge on any atom is -0.465 e. The van der Waals surface area contributed by atoms with Crippen LogP contribution in [0.15, 0.2) is 54.7 Å². The van der Waals surface area contributed by atoms with E-state index in [1.807, 2.05) is 0 Å². The smallest absolute Gasteiger partial charge is 0.350 e. The molecule has 0 atom stereocenters. The summed E-state index contributed by atoms with van der Waals surface area (Å²) >= 11 is 7.06. The molecule has 0 amide bonds. The molecular formula is C19H17ClN2O4S2. The van der Waals surface area contributed by atoms with Crippen LogP contribution in [0.4, 0.5) is 5.69 Å². The zero-order chi connectivity index (χ0) is 20.1. The summed E-state index contributed by atoms with van der Waals surface area (Å²) in [6.45, 7) is 0. The zero-order valence-corrected chi connectivity index (χ0v) is 17.3. The molecule has 0 radical (unpaired) electrons. The lowest BCUT2D eigenvalue weighted by Crippen LogP contribution is -2.19. The van der Waals surface area contributed by atoms with Crippen LogP contribution < -0.4 is 4.72 Å². The van der Waals surface area contributed by atoms with Crippen LogP contribution in [-0.2, 0) is 21.2 Å². The van der Waals surface area contributed by atoms with Crippen LogP contribution in [0.3, 0.4) is 0 Å². The van der Waals surface area contributed by atoms with Crippen molar-refractivity contribution in [3.05, 3.63) is 70.3 Å². The van der Waals surface area contributed by atoms with Crippen molar-refractivity contribution in [3.63, 3.8) is 0 Å². The Morgan fingerprint density at radius 2 is 1.96 bits per heavy atom. The molecule has 0 fully saturated rings. The summed E-state index contributed by atoms with van der Waals surface area (Å²) in [7, 11) is -2.43. The lowest BCUT2D eigenvalue weighted by atomic mass is 10.2. The minimum atomic E-state index is -3.68. The van der Waals surface area contributed by atoms with Gasteiger partial charge in [-0.25, -0.2) is 13.2 Å². The van der Waals surface area contributed by atoms with Crippen LogP contribution in [0.5, 0.6) is 0 Å². The van der Waals surface area contributed by atoms with Crippen LogP contribution in [0.1, 0.15) is 15.4 Å². The fraction of sp³-hybridized carbons (Fsp3) is 0.158. The largest absolute Gasteiger partial charge is 0.465 e. The maximum absolute atomic E-state index is 12.5. The number of sulfonamides is 1. The Balaban J connectivity index is 1.85. The Bertz CT molecular complexity index is 1070. The topological polar surface area (TPSA) is 85.4 Å². The number of hydrogen-bond donors (Lipinski definition) is 1. The fourth-order valence-electron chi connectivity index (χ4n) is 2.47. The summed E-state index contributed by atoms with van der Waals surface area (Å²) in [4.78, 5) is 17.2. The van der Waals surface area contributed by atoms with Crippen molar-refractivity contribution < 1.29 is 17.9 Å². The number of carbonyl (C=O) groups is 1. The Morgan fingerprint density at radius 3 is 2.61 bits per heavy atom. The van der Waals surface area contributed by atoms with E-state index >= 15 is 0 Å². The second-order valence-electron chi connectivity index (χ2n) is 5.84. The summed E-state index contributed by atoms with van der Waals surface area (Å²) in [6.07, 6.45) is 1.87. The molecule has 0 saturated heterocycles. The maximum Gasteiger partial charge on any atom is 0.350 e. The van der Waals surface area contributed by atoms with Crippen LogP contribution in [0.2, 0.25) is 5.02 Å². The number of aryl methyl sites for hydroxylation is 1. The average Bonchev–Trinajstić information content (AvgIpc) is 3.10.